The molecule has 1 saturated heterocycles. The second kappa shape index (κ2) is 4.67. The highest BCUT2D eigenvalue weighted by molar-refractivity contribution is 7.71. The fourth-order valence-electron chi connectivity index (χ4n) is 1.74. The van der Waals surface area contributed by atoms with Crippen LogP contribution in [0, 0.1) is 4.64 Å². The summed E-state index contributed by atoms with van der Waals surface area (Å²) in [5.41, 5.74) is -0.549. The lowest BCUT2D eigenvalue weighted by molar-refractivity contribution is -0.0550. The minimum Gasteiger partial charge on any atom is -0.394 e. The van der Waals surface area contributed by atoms with Gasteiger partial charge in [0.2, 0.25) is 0 Å². The second-order valence-electron chi connectivity index (χ2n) is 3.75. The highest BCUT2D eigenvalue weighted by Gasteiger charge is 2.43. The Morgan fingerprint density at radius 2 is 2.18 bits per heavy atom. The molecule has 0 amide bonds. The SMILES string of the molecule is O=c1[nH]c(=S)ccn1[C@@H]1O[C@H](CO)[C@@H](O)[C@@H]1O. The number of nitrogens with zero attached hydrogens (tertiary/aromatic N) is 1. The monoisotopic (exact) mass is 260 g/mol. The summed E-state index contributed by atoms with van der Waals surface area (Å²) in [7, 11) is 0. The van der Waals surface area contributed by atoms with Crippen LogP contribution in [0.4, 0.5) is 0 Å². The van der Waals surface area contributed by atoms with E-state index in [2.05, 4.69) is 4.98 Å². The zero-order valence-electron chi connectivity index (χ0n) is 8.68. The maximum absolute atomic E-state index is 11.6. The molecular formula is C9H12N2O5S. The van der Waals surface area contributed by atoms with Crippen LogP contribution in [0.15, 0.2) is 17.1 Å². The van der Waals surface area contributed by atoms with E-state index in [0.29, 0.717) is 0 Å². The van der Waals surface area contributed by atoms with E-state index in [1.807, 2.05) is 0 Å². The molecule has 0 aromatic carbocycles. The molecule has 0 bridgehead atoms. The zero-order valence-corrected chi connectivity index (χ0v) is 9.50. The lowest BCUT2D eigenvalue weighted by Gasteiger charge is -2.16. The van der Waals surface area contributed by atoms with E-state index in [-0.39, 0.29) is 4.64 Å². The summed E-state index contributed by atoms with van der Waals surface area (Å²) in [6, 6.07) is 1.46. The zero-order chi connectivity index (χ0) is 12.6. The number of hydrogen-bond donors (Lipinski definition) is 4. The Hall–Kier alpha value is -1.06. The van der Waals surface area contributed by atoms with Crippen molar-refractivity contribution >= 4 is 12.2 Å². The fourth-order valence-corrected chi connectivity index (χ4v) is 1.89. The minimum absolute atomic E-state index is 0.262. The maximum Gasteiger partial charge on any atom is 0.328 e. The quantitative estimate of drug-likeness (QED) is 0.483. The van der Waals surface area contributed by atoms with Crippen LogP contribution in [0.25, 0.3) is 0 Å². The summed E-state index contributed by atoms with van der Waals surface area (Å²) < 4.78 is 6.55. The van der Waals surface area contributed by atoms with Crippen molar-refractivity contribution in [1.29, 1.82) is 0 Å². The number of nitrogens with one attached hydrogen (secondary N) is 1. The van der Waals surface area contributed by atoms with Gasteiger partial charge in [0.15, 0.2) is 6.23 Å². The molecule has 0 saturated carbocycles. The largest absolute Gasteiger partial charge is 0.394 e. The third-order valence-corrected chi connectivity index (χ3v) is 2.88. The van der Waals surface area contributed by atoms with Crippen molar-refractivity contribution in [2.45, 2.75) is 24.5 Å². The van der Waals surface area contributed by atoms with Crippen LogP contribution in [0.1, 0.15) is 6.23 Å². The molecular weight excluding hydrogens is 248 g/mol. The predicted octanol–water partition coefficient (Wildman–Crippen LogP) is -1.48. The Balaban J connectivity index is 2.35. The predicted molar refractivity (Wildman–Crippen MR) is 58.9 cm³/mol. The van der Waals surface area contributed by atoms with Crippen LogP contribution < -0.4 is 5.69 Å². The normalized spacial score (nSPS) is 32.9. The van der Waals surface area contributed by atoms with Crippen LogP contribution >= 0.6 is 12.2 Å². The Morgan fingerprint density at radius 3 is 2.71 bits per heavy atom. The molecule has 7 nitrogen and oxygen atoms in total. The number of aliphatic hydroxyl groups excluding tert-OH is 3. The first-order chi connectivity index (χ1) is 8.04. The van der Waals surface area contributed by atoms with Gasteiger partial charge >= 0.3 is 5.69 Å². The van der Waals surface area contributed by atoms with E-state index in [1.54, 1.807) is 0 Å². The molecule has 1 aliphatic heterocycles. The van der Waals surface area contributed by atoms with Crippen LogP contribution in [0.3, 0.4) is 0 Å². The lowest BCUT2D eigenvalue weighted by Crippen LogP contribution is -2.35. The molecule has 4 atom stereocenters. The number of hydrogen-bond acceptors (Lipinski definition) is 6. The van der Waals surface area contributed by atoms with Gasteiger partial charge in [-0.05, 0) is 6.07 Å². The maximum atomic E-state index is 11.6. The topological polar surface area (TPSA) is 108 Å². The Labute approximate surface area is 101 Å². The molecule has 0 radical (unpaired) electrons. The first-order valence-electron chi connectivity index (χ1n) is 4.98. The third-order valence-electron chi connectivity index (χ3n) is 2.64. The van der Waals surface area contributed by atoms with Crippen molar-refractivity contribution in [3.8, 4) is 0 Å². The molecule has 17 heavy (non-hydrogen) atoms. The summed E-state index contributed by atoms with van der Waals surface area (Å²) in [6.07, 6.45) is -3.11. The molecule has 2 heterocycles. The Kier molecular flexibility index (Phi) is 3.40. The van der Waals surface area contributed by atoms with Crippen molar-refractivity contribution in [3.63, 3.8) is 0 Å². The highest BCUT2D eigenvalue weighted by Crippen LogP contribution is 2.27. The van der Waals surface area contributed by atoms with E-state index >= 15 is 0 Å². The van der Waals surface area contributed by atoms with Gasteiger partial charge in [0, 0.05) is 6.20 Å². The third kappa shape index (κ3) is 2.17. The van der Waals surface area contributed by atoms with Crippen molar-refractivity contribution in [3.05, 3.63) is 27.4 Å². The number of aromatic nitrogens is 2. The molecule has 0 aliphatic carbocycles. The first-order valence-corrected chi connectivity index (χ1v) is 5.39. The van der Waals surface area contributed by atoms with E-state index in [9.17, 15) is 15.0 Å². The molecule has 1 aromatic heterocycles. The number of H-pyrrole nitrogens is 1. The van der Waals surface area contributed by atoms with Crippen molar-refractivity contribution in [2.24, 2.45) is 0 Å². The second-order valence-corrected chi connectivity index (χ2v) is 4.19. The molecule has 0 spiro atoms. The minimum atomic E-state index is -1.28. The van der Waals surface area contributed by atoms with E-state index in [1.165, 1.54) is 12.3 Å². The van der Waals surface area contributed by atoms with Gasteiger partial charge in [0.25, 0.3) is 0 Å². The number of rotatable bonds is 2. The Bertz CT molecular complexity index is 513. The summed E-state index contributed by atoms with van der Waals surface area (Å²) in [6.45, 7) is -0.438. The van der Waals surface area contributed by atoms with Gasteiger partial charge in [-0.3, -0.25) is 9.55 Å². The summed E-state index contributed by atoms with van der Waals surface area (Å²) in [5.74, 6) is 0. The van der Waals surface area contributed by atoms with Gasteiger partial charge in [-0.1, -0.05) is 12.2 Å². The van der Waals surface area contributed by atoms with E-state index in [0.717, 1.165) is 4.57 Å². The van der Waals surface area contributed by atoms with Crippen LogP contribution in [0.5, 0.6) is 0 Å². The van der Waals surface area contributed by atoms with Gasteiger partial charge in [-0.25, -0.2) is 4.79 Å². The van der Waals surface area contributed by atoms with Crippen LogP contribution in [-0.4, -0.2) is 49.8 Å². The molecule has 4 N–H and O–H groups in total. The molecule has 1 aliphatic rings. The van der Waals surface area contributed by atoms with Gasteiger partial charge in [0.1, 0.15) is 23.0 Å². The summed E-state index contributed by atoms with van der Waals surface area (Å²) in [4.78, 5) is 14.0. The van der Waals surface area contributed by atoms with Gasteiger partial charge in [-0.2, -0.15) is 0 Å². The van der Waals surface area contributed by atoms with Crippen molar-refractivity contribution in [2.75, 3.05) is 6.61 Å². The Morgan fingerprint density at radius 1 is 1.47 bits per heavy atom. The van der Waals surface area contributed by atoms with Gasteiger partial charge in [0.05, 0.1) is 6.61 Å². The molecule has 1 aromatic rings. The van der Waals surface area contributed by atoms with Gasteiger partial charge in [-0.15, -0.1) is 0 Å². The molecule has 1 fully saturated rings. The molecule has 94 valence electrons. The van der Waals surface area contributed by atoms with E-state index < -0.39 is 36.8 Å². The molecule has 2 rings (SSSR count). The van der Waals surface area contributed by atoms with Crippen LogP contribution in [0.2, 0.25) is 0 Å². The highest BCUT2D eigenvalue weighted by atomic mass is 32.1. The number of aromatic amines is 1. The fraction of sp³-hybridized carbons (Fsp3) is 0.556. The standard InChI is InChI=1S/C9H12N2O5S/c12-3-4-6(13)7(14)8(16-4)11-2-1-5(17)10-9(11)15/h1-2,4,6-8,12-14H,3H2,(H,10,15,17)/t4-,6-,7+,8-/m1/s1. The summed E-state index contributed by atoms with van der Waals surface area (Å²) in [5, 5.41) is 28.2. The van der Waals surface area contributed by atoms with Crippen LogP contribution in [-0.2, 0) is 4.74 Å². The lowest BCUT2D eigenvalue weighted by atomic mass is 10.1. The summed E-state index contributed by atoms with van der Waals surface area (Å²) >= 11 is 4.77. The number of aliphatic hydroxyl groups is 3. The van der Waals surface area contributed by atoms with Gasteiger partial charge < -0.3 is 20.1 Å². The molecule has 0 unspecified atom stereocenters. The average molecular weight is 260 g/mol. The van der Waals surface area contributed by atoms with E-state index in [4.69, 9.17) is 22.1 Å². The van der Waals surface area contributed by atoms with Crippen molar-refractivity contribution < 1.29 is 20.1 Å². The smallest absolute Gasteiger partial charge is 0.328 e. The average Bonchev–Trinajstić information content (AvgIpc) is 2.57. The number of ether oxygens (including phenoxy) is 1. The first kappa shape index (κ1) is 12.4. The molecule has 8 heteroatoms. The van der Waals surface area contributed by atoms with Crippen molar-refractivity contribution in [1.82, 2.24) is 9.55 Å².